The number of nitrogens with zero attached hydrogens (tertiary/aromatic N) is 1. The van der Waals surface area contributed by atoms with Crippen molar-refractivity contribution in [3.8, 4) is 0 Å². The van der Waals surface area contributed by atoms with Crippen molar-refractivity contribution in [2.45, 2.75) is 13.0 Å². The molecule has 0 aliphatic carbocycles. The molecule has 3 nitrogen and oxygen atoms in total. The van der Waals surface area contributed by atoms with Gasteiger partial charge in [0.1, 0.15) is 6.04 Å². The van der Waals surface area contributed by atoms with Crippen LogP contribution in [0.5, 0.6) is 0 Å². The van der Waals surface area contributed by atoms with Crippen LogP contribution in [0.2, 0.25) is 0 Å². The van der Waals surface area contributed by atoms with E-state index in [2.05, 4.69) is 15.9 Å². The summed E-state index contributed by atoms with van der Waals surface area (Å²) < 4.78 is 0.969. The van der Waals surface area contributed by atoms with Gasteiger partial charge in [-0.15, -0.1) is 0 Å². The Morgan fingerprint density at radius 3 is 2.93 bits per heavy atom. The number of carbonyl (C=O) groups excluding carboxylic acids is 1. The molecule has 0 radical (unpaired) electrons. The van der Waals surface area contributed by atoms with Gasteiger partial charge in [0.05, 0.1) is 5.69 Å². The van der Waals surface area contributed by atoms with Gasteiger partial charge < -0.3 is 10.6 Å². The minimum atomic E-state index is -0.488. The summed E-state index contributed by atoms with van der Waals surface area (Å²) in [4.78, 5) is 13.4. The molecule has 1 aromatic carbocycles. The molecule has 1 amide bonds. The van der Waals surface area contributed by atoms with E-state index in [9.17, 15) is 4.79 Å². The highest BCUT2D eigenvalue weighted by Gasteiger charge is 2.33. The topological polar surface area (TPSA) is 46.3 Å². The fraction of sp³-hybridized carbons (Fsp3) is 0.300. The molecular formula is C10H11BrN2O. The highest BCUT2D eigenvalue weighted by molar-refractivity contribution is 9.10. The predicted octanol–water partition coefficient (Wildman–Crippen LogP) is 1.82. The molecule has 0 fully saturated rings. The molecule has 0 spiro atoms. The Bertz CT molecular complexity index is 392. The lowest BCUT2D eigenvalue weighted by molar-refractivity contribution is -0.119. The van der Waals surface area contributed by atoms with Crippen LogP contribution in [0.25, 0.3) is 0 Å². The first-order chi connectivity index (χ1) is 6.65. The molecule has 0 bridgehead atoms. The second kappa shape index (κ2) is 3.37. The summed E-state index contributed by atoms with van der Waals surface area (Å²) in [5.41, 5.74) is 7.65. The summed E-state index contributed by atoms with van der Waals surface area (Å²) in [6, 6.07) is 5.25. The fourth-order valence-electron chi connectivity index (χ4n) is 1.76. The van der Waals surface area contributed by atoms with Crippen molar-refractivity contribution in [2.24, 2.45) is 5.73 Å². The van der Waals surface area contributed by atoms with Crippen molar-refractivity contribution in [2.75, 3.05) is 11.4 Å². The Hall–Kier alpha value is -0.870. The number of carbonyl (C=O) groups is 1. The summed E-state index contributed by atoms with van der Waals surface area (Å²) in [6.45, 7) is 2.61. The predicted molar refractivity (Wildman–Crippen MR) is 59.1 cm³/mol. The molecule has 1 aromatic rings. The number of amides is 1. The van der Waals surface area contributed by atoms with Gasteiger partial charge in [0, 0.05) is 16.6 Å². The number of hydrogen-bond acceptors (Lipinski definition) is 2. The van der Waals surface area contributed by atoms with Crippen LogP contribution in [-0.2, 0) is 4.79 Å². The lowest BCUT2D eigenvalue weighted by Crippen LogP contribution is -2.31. The number of hydrogen-bond donors (Lipinski definition) is 1. The number of halogens is 1. The van der Waals surface area contributed by atoms with Crippen LogP contribution in [0.15, 0.2) is 22.7 Å². The van der Waals surface area contributed by atoms with E-state index in [0.29, 0.717) is 6.54 Å². The quantitative estimate of drug-likeness (QED) is 0.831. The summed E-state index contributed by atoms with van der Waals surface area (Å²) in [7, 11) is 0. The molecule has 2 N–H and O–H groups in total. The van der Waals surface area contributed by atoms with Crippen LogP contribution in [0.1, 0.15) is 18.5 Å². The van der Waals surface area contributed by atoms with Crippen molar-refractivity contribution in [1.29, 1.82) is 0 Å². The molecule has 0 saturated carbocycles. The zero-order valence-electron chi connectivity index (χ0n) is 7.83. The Morgan fingerprint density at radius 1 is 1.57 bits per heavy atom. The Labute approximate surface area is 91.0 Å². The monoisotopic (exact) mass is 254 g/mol. The minimum absolute atomic E-state index is 0.0133. The van der Waals surface area contributed by atoms with Crippen molar-refractivity contribution >= 4 is 27.5 Å². The molecule has 74 valence electrons. The summed E-state index contributed by atoms with van der Waals surface area (Å²) in [6.07, 6.45) is 0. The Kier molecular flexibility index (Phi) is 2.33. The summed E-state index contributed by atoms with van der Waals surface area (Å²) in [5, 5.41) is 0. The number of nitrogens with two attached hydrogens (primary N) is 1. The van der Waals surface area contributed by atoms with Crippen LogP contribution in [0.3, 0.4) is 0 Å². The number of likely N-dealkylation sites (N-methyl/N-ethyl adjacent to an activating group) is 1. The third kappa shape index (κ3) is 1.26. The standard InChI is InChI=1S/C10H11BrN2O/c1-2-13-8-5-6(11)3-4-7(8)9(12)10(13)14/h3-5,9H,2,12H2,1H3. The second-order valence-electron chi connectivity index (χ2n) is 3.26. The first kappa shape index (κ1) is 9.68. The van der Waals surface area contributed by atoms with Crippen LogP contribution < -0.4 is 10.6 Å². The molecule has 1 atom stereocenters. The Balaban J connectivity index is 2.56. The minimum Gasteiger partial charge on any atom is -0.316 e. The van der Waals surface area contributed by atoms with Gasteiger partial charge >= 0.3 is 0 Å². The third-order valence-corrected chi connectivity index (χ3v) is 2.96. The normalized spacial score (nSPS) is 20.1. The van der Waals surface area contributed by atoms with Crippen molar-refractivity contribution < 1.29 is 4.79 Å². The van der Waals surface area contributed by atoms with Gasteiger partial charge in [0.15, 0.2) is 0 Å². The third-order valence-electron chi connectivity index (χ3n) is 2.47. The largest absolute Gasteiger partial charge is 0.316 e. The molecule has 2 rings (SSSR count). The van der Waals surface area contributed by atoms with Crippen LogP contribution in [-0.4, -0.2) is 12.5 Å². The fourth-order valence-corrected chi connectivity index (χ4v) is 2.11. The molecule has 1 aliphatic rings. The van der Waals surface area contributed by atoms with Crippen molar-refractivity contribution in [1.82, 2.24) is 0 Å². The van der Waals surface area contributed by atoms with E-state index in [1.54, 1.807) is 4.90 Å². The van der Waals surface area contributed by atoms with Crippen LogP contribution >= 0.6 is 15.9 Å². The average Bonchev–Trinajstić information content (AvgIpc) is 2.39. The number of benzene rings is 1. The van der Waals surface area contributed by atoms with Gasteiger partial charge in [-0.05, 0) is 19.1 Å². The molecule has 4 heteroatoms. The molecule has 1 unspecified atom stereocenters. The SMILES string of the molecule is CCN1C(=O)C(N)c2ccc(Br)cc21. The van der Waals surface area contributed by atoms with Crippen molar-refractivity contribution in [3.05, 3.63) is 28.2 Å². The van der Waals surface area contributed by atoms with Crippen molar-refractivity contribution in [3.63, 3.8) is 0 Å². The first-order valence-corrected chi connectivity index (χ1v) is 5.31. The van der Waals surface area contributed by atoms with E-state index < -0.39 is 6.04 Å². The maximum atomic E-state index is 11.7. The lowest BCUT2D eigenvalue weighted by atomic mass is 10.1. The van der Waals surface area contributed by atoms with Crippen LogP contribution in [0, 0.1) is 0 Å². The molecule has 0 saturated heterocycles. The van der Waals surface area contributed by atoms with E-state index in [1.165, 1.54) is 0 Å². The van der Waals surface area contributed by atoms with Gasteiger partial charge in [-0.1, -0.05) is 22.0 Å². The van der Waals surface area contributed by atoms with Gasteiger partial charge in [-0.25, -0.2) is 0 Å². The number of fused-ring (bicyclic) bond motifs is 1. The maximum Gasteiger partial charge on any atom is 0.248 e. The Morgan fingerprint density at radius 2 is 2.29 bits per heavy atom. The molecule has 1 heterocycles. The maximum absolute atomic E-state index is 11.7. The number of rotatable bonds is 1. The first-order valence-electron chi connectivity index (χ1n) is 4.51. The average molecular weight is 255 g/mol. The zero-order valence-corrected chi connectivity index (χ0v) is 9.41. The molecular weight excluding hydrogens is 244 g/mol. The molecule has 1 aliphatic heterocycles. The highest BCUT2D eigenvalue weighted by Crippen LogP contribution is 2.35. The summed E-state index contributed by atoms with van der Waals surface area (Å²) >= 11 is 3.38. The van der Waals surface area contributed by atoms with E-state index in [4.69, 9.17) is 5.73 Å². The molecule has 14 heavy (non-hydrogen) atoms. The van der Waals surface area contributed by atoms with Crippen LogP contribution in [0.4, 0.5) is 5.69 Å². The van der Waals surface area contributed by atoms with E-state index in [0.717, 1.165) is 15.7 Å². The van der Waals surface area contributed by atoms with E-state index in [1.807, 2.05) is 25.1 Å². The van der Waals surface area contributed by atoms with Gasteiger partial charge in [-0.2, -0.15) is 0 Å². The summed E-state index contributed by atoms with van der Waals surface area (Å²) in [5.74, 6) is -0.0133. The molecule has 0 aromatic heterocycles. The highest BCUT2D eigenvalue weighted by atomic mass is 79.9. The van der Waals surface area contributed by atoms with E-state index in [-0.39, 0.29) is 5.91 Å². The number of anilines is 1. The van der Waals surface area contributed by atoms with E-state index >= 15 is 0 Å². The van der Waals surface area contributed by atoms with Gasteiger partial charge in [0.25, 0.3) is 0 Å². The van der Waals surface area contributed by atoms with Gasteiger partial charge in [0.2, 0.25) is 5.91 Å². The lowest BCUT2D eigenvalue weighted by Gasteiger charge is -2.14. The zero-order chi connectivity index (χ0) is 10.3. The van der Waals surface area contributed by atoms with Gasteiger partial charge in [-0.3, -0.25) is 4.79 Å². The second-order valence-corrected chi connectivity index (χ2v) is 4.18. The smallest absolute Gasteiger partial charge is 0.248 e.